The Morgan fingerprint density at radius 3 is 2.89 bits per heavy atom. The molecule has 1 atom stereocenters. The van der Waals surface area contributed by atoms with Crippen molar-refractivity contribution in [2.75, 3.05) is 11.4 Å². The van der Waals surface area contributed by atoms with Gasteiger partial charge in [-0.05, 0) is 25.3 Å². The Kier molecular flexibility index (Phi) is 3.55. The van der Waals surface area contributed by atoms with Crippen LogP contribution in [-0.4, -0.2) is 23.8 Å². The SMILES string of the molecule is O=CC1CCCCN1c1cc(F)ccc1[N+](=O)[O-]. The van der Waals surface area contributed by atoms with Crippen LogP contribution < -0.4 is 4.90 Å². The van der Waals surface area contributed by atoms with Crippen molar-refractivity contribution in [2.45, 2.75) is 25.3 Å². The number of nitrogens with zero attached hydrogens (tertiary/aromatic N) is 2. The van der Waals surface area contributed by atoms with E-state index in [1.165, 1.54) is 0 Å². The van der Waals surface area contributed by atoms with Gasteiger partial charge >= 0.3 is 0 Å². The van der Waals surface area contributed by atoms with Crippen LogP contribution >= 0.6 is 0 Å². The minimum atomic E-state index is -0.550. The summed E-state index contributed by atoms with van der Waals surface area (Å²) >= 11 is 0. The highest BCUT2D eigenvalue weighted by atomic mass is 19.1. The second-order valence-electron chi connectivity index (χ2n) is 4.28. The molecule has 0 saturated carbocycles. The fraction of sp³-hybridized carbons (Fsp3) is 0.417. The van der Waals surface area contributed by atoms with E-state index in [-0.39, 0.29) is 11.4 Å². The predicted molar refractivity (Wildman–Crippen MR) is 64.1 cm³/mol. The third-order valence-electron chi connectivity index (χ3n) is 3.15. The van der Waals surface area contributed by atoms with Gasteiger partial charge in [-0.15, -0.1) is 0 Å². The number of halogens is 1. The first-order chi connectivity index (χ1) is 8.63. The van der Waals surface area contributed by atoms with Crippen LogP contribution in [-0.2, 0) is 4.79 Å². The smallest absolute Gasteiger partial charge is 0.292 e. The molecule has 0 bridgehead atoms. The van der Waals surface area contributed by atoms with Gasteiger partial charge in [0, 0.05) is 18.7 Å². The Morgan fingerprint density at radius 1 is 1.44 bits per heavy atom. The van der Waals surface area contributed by atoms with Crippen molar-refractivity contribution in [2.24, 2.45) is 0 Å². The van der Waals surface area contributed by atoms with Crippen LogP contribution in [0.3, 0.4) is 0 Å². The minimum absolute atomic E-state index is 0.162. The maximum Gasteiger partial charge on any atom is 0.292 e. The fourth-order valence-electron chi connectivity index (χ4n) is 2.28. The molecule has 1 aliphatic rings. The Balaban J connectivity index is 2.44. The summed E-state index contributed by atoms with van der Waals surface area (Å²) in [5, 5.41) is 10.9. The van der Waals surface area contributed by atoms with Gasteiger partial charge in [0.05, 0.1) is 11.0 Å². The molecule has 1 fully saturated rings. The standard InChI is InChI=1S/C12H13FN2O3/c13-9-4-5-11(15(17)18)12(7-9)14-6-2-1-3-10(14)8-16/h4-5,7-8,10H,1-3,6H2. The van der Waals surface area contributed by atoms with E-state index >= 15 is 0 Å². The van der Waals surface area contributed by atoms with Crippen LogP contribution in [0.15, 0.2) is 18.2 Å². The van der Waals surface area contributed by atoms with Gasteiger partial charge in [-0.25, -0.2) is 4.39 Å². The van der Waals surface area contributed by atoms with Crippen molar-refractivity contribution < 1.29 is 14.1 Å². The molecule has 1 unspecified atom stereocenters. The summed E-state index contributed by atoms with van der Waals surface area (Å²) in [6, 6.07) is 2.92. The quantitative estimate of drug-likeness (QED) is 0.470. The van der Waals surface area contributed by atoms with Gasteiger partial charge in [-0.3, -0.25) is 10.1 Å². The summed E-state index contributed by atoms with van der Waals surface area (Å²) in [5.41, 5.74) is 0.0296. The Hall–Kier alpha value is -1.98. The highest BCUT2D eigenvalue weighted by Crippen LogP contribution is 2.32. The maximum absolute atomic E-state index is 13.3. The lowest BCUT2D eigenvalue weighted by Gasteiger charge is -2.33. The van der Waals surface area contributed by atoms with Gasteiger partial charge < -0.3 is 9.69 Å². The van der Waals surface area contributed by atoms with E-state index in [0.29, 0.717) is 13.0 Å². The number of aldehydes is 1. The number of piperidine rings is 1. The molecule has 0 aromatic heterocycles. The molecule has 1 aromatic rings. The van der Waals surface area contributed by atoms with Crippen LogP contribution in [0.4, 0.5) is 15.8 Å². The molecule has 1 aliphatic heterocycles. The number of carbonyl (C=O) groups is 1. The van der Waals surface area contributed by atoms with E-state index in [1.807, 2.05) is 0 Å². The number of nitro groups is 1. The summed E-state index contributed by atoms with van der Waals surface area (Å²) in [5.74, 6) is -0.536. The van der Waals surface area contributed by atoms with Crippen LogP contribution in [0.1, 0.15) is 19.3 Å². The highest BCUT2D eigenvalue weighted by molar-refractivity contribution is 5.72. The lowest BCUT2D eigenvalue weighted by atomic mass is 10.0. The van der Waals surface area contributed by atoms with E-state index < -0.39 is 16.8 Å². The van der Waals surface area contributed by atoms with Gasteiger partial charge in [0.15, 0.2) is 0 Å². The summed E-state index contributed by atoms with van der Waals surface area (Å²) in [6.45, 7) is 0.535. The Bertz CT molecular complexity index is 478. The van der Waals surface area contributed by atoms with Gasteiger partial charge in [-0.2, -0.15) is 0 Å². The Morgan fingerprint density at radius 2 is 2.22 bits per heavy atom. The van der Waals surface area contributed by atoms with Crippen LogP contribution in [0.5, 0.6) is 0 Å². The van der Waals surface area contributed by atoms with Crippen molar-refractivity contribution in [3.8, 4) is 0 Å². The average molecular weight is 252 g/mol. The molecule has 6 heteroatoms. The topological polar surface area (TPSA) is 63.5 Å². The van der Waals surface area contributed by atoms with Gasteiger partial charge in [0.25, 0.3) is 5.69 Å². The van der Waals surface area contributed by atoms with Crippen LogP contribution in [0, 0.1) is 15.9 Å². The molecule has 0 amide bonds. The number of hydrogen-bond acceptors (Lipinski definition) is 4. The Labute approximate surface area is 103 Å². The second kappa shape index (κ2) is 5.12. The van der Waals surface area contributed by atoms with Crippen LogP contribution in [0.2, 0.25) is 0 Å². The molecule has 5 nitrogen and oxygen atoms in total. The van der Waals surface area contributed by atoms with Crippen molar-refractivity contribution in [1.82, 2.24) is 0 Å². The zero-order valence-corrected chi connectivity index (χ0v) is 9.71. The highest BCUT2D eigenvalue weighted by Gasteiger charge is 2.28. The summed E-state index contributed by atoms with van der Waals surface area (Å²) in [6.07, 6.45) is 3.17. The lowest BCUT2D eigenvalue weighted by molar-refractivity contribution is -0.384. The monoisotopic (exact) mass is 252 g/mol. The first-order valence-electron chi connectivity index (χ1n) is 5.79. The third-order valence-corrected chi connectivity index (χ3v) is 3.15. The predicted octanol–water partition coefficient (Wildman–Crippen LogP) is 2.29. The molecule has 2 rings (SSSR count). The summed E-state index contributed by atoms with van der Waals surface area (Å²) in [4.78, 5) is 23.0. The number of anilines is 1. The number of rotatable bonds is 3. The molecule has 1 saturated heterocycles. The molecule has 18 heavy (non-hydrogen) atoms. The number of benzene rings is 1. The average Bonchev–Trinajstić information content (AvgIpc) is 2.38. The van der Waals surface area contributed by atoms with E-state index in [4.69, 9.17) is 0 Å². The van der Waals surface area contributed by atoms with Gasteiger partial charge in [0.2, 0.25) is 0 Å². The van der Waals surface area contributed by atoms with E-state index in [1.54, 1.807) is 4.90 Å². The summed E-state index contributed by atoms with van der Waals surface area (Å²) < 4.78 is 13.3. The molecular weight excluding hydrogens is 239 g/mol. The second-order valence-corrected chi connectivity index (χ2v) is 4.28. The fourth-order valence-corrected chi connectivity index (χ4v) is 2.28. The third kappa shape index (κ3) is 2.32. The molecular formula is C12H13FN2O3. The largest absolute Gasteiger partial charge is 0.356 e. The maximum atomic E-state index is 13.3. The zero-order chi connectivity index (χ0) is 13.1. The lowest BCUT2D eigenvalue weighted by Crippen LogP contribution is -2.41. The normalized spacial score (nSPS) is 19.6. The van der Waals surface area contributed by atoms with Crippen molar-refractivity contribution in [3.63, 3.8) is 0 Å². The van der Waals surface area contributed by atoms with E-state index in [9.17, 15) is 19.3 Å². The first kappa shape index (κ1) is 12.5. The number of hydrogen-bond donors (Lipinski definition) is 0. The van der Waals surface area contributed by atoms with Gasteiger partial charge in [-0.1, -0.05) is 0 Å². The molecule has 0 aliphatic carbocycles. The van der Waals surface area contributed by atoms with E-state index in [2.05, 4.69) is 0 Å². The van der Waals surface area contributed by atoms with Crippen molar-refractivity contribution in [3.05, 3.63) is 34.1 Å². The van der Waals surface area contributed by atoms with Gasteiger partial charge in [0.1, 0.15) is 17.8 Å². The molecule has 0 spiro atoms. The molecule has 0 N–H and O–H groups in total. The zero-order valence-electron chi connectivity index (χ0n) is 9.71. The molecule has 1 aromatic carbocycles. The van der Waals surface area contributed by atoms with Crippen molar-refractivity contribution in [1.29, 1.82) is 0 Å². The number of nitro benzene ring substituents is 1. The van der Waals surface area contributed by atoms with Crippen molar-refractivity contribution >= 4 is 17.7 Å². The molecule has 1 heterocycles. The molecule has 0 radical (unpaired) electrons. The summed E-state index contributed by atoms with van der Waals surface area (Å²) in [7, 11) is 0. The van der Waals surface area contributed by atoms with Crippen LogP contribution in [0.25, 0.3) is 0 Å². The minimum Gasteiger partial charge on any atom is -0.356 e. The first-order valence-corrected chi connectivity index (χ1v) is 5.79. The number of carbonyl (C=O) groups excluding carboxylic acids is 1. The van der Waals surface area contributed by atoms with E-state index in [0.717, 1.165) is 37.3 Å². The molecule has 96 valence electrons.